The molecule has 0 saturated heterocycles. The fraction of sp³-hybridized carbons (Fsp3) is 0.778. The van der Waals surface area contributed by atoms with Gasteiger partial charge in [0.25, 0.3) is 0 Å². The van der Waals surface area contributed by atoms with Gasteiger partial charge < -0.3 is 0 Å². The van der Waals surface area contributed by atoms with Gasteiger partial charge in [0.15, 0.2) is 0 Å². The fourth-order valence-corrected chi connectivity index (χ4v) is 0.728. The molecule has 0 amide bonds. The summed E-state index contributed by atoms with van der Waals surface area (Å²) in [6.45, 7) is 3.87. The number of allylic oxidation sites excluding steroid dienone is 1. The van der Waals surface area contributed by atoms with Gasteiger partial charge in [0.05, 0.1) is 6.10 Å². The maximum Gasteiger partial charge on any atom is 0.0936 e. The molecule has 59 valence electrons. The Hall–Kier alpha value is -0.300. The SMILES string of the molecule is CCCCC=CCC(C)[O]. The molecule has 0 fully saturated rings. The van der Waals surface area contributed by atoms with Crippen LogP contribution < -0.4 is 0 Å². The summed E-state index contributed by atoms with van der Waals surface area (Å²) < 4.78 is 0. The third-order valence-corrected chi connectivity index (χ3v) is 1.36. The van der Waals surface area contributed by atoms with E-state index in [0.29, 0.717) is 6.42 Å². The molecule has 1 heteroatoms. The lowest BCUT2D eigenvalue weighted by atomic mass is 10.2. The highest BCUT2D eigenvalue weighted by molar-refractivity contribution is 4.82. The zero-order valence-corrected chi connectivity index (χ0v) is 6.97. The van der Waals surface area contributed by atoms with Crippen molar-refractivity contribution < 1.29 is 5.11 Å². The first kappa shape index (κ1) is 9.70. The number of unbranched alkanes of at least 4 members (excludes halogenated alkanes) is 2. The fourth-order valence-electron chi connectivity index (χ4n) is 0.728. The zero-order valence-electron chi connectivity index (χ0n) is 6.97. The lowest BCUT2D eigenvalue weighted by molar-refractivity contribution is 0.108. The molecule has 1 radical (unpaired) electrons. The molecule has 0 N–H and O–H groups in total. The second kappa shape index (κ2) is 6.81. The van der Waals surface area contributed by atoms with Crippen molar-refractivity contribution >= 4 is 0 Å². The summed E-state index contributed by atoms with van der Waals surface area (Å²) >= 11 is 0. The minimum atomic E-state index is -0.433. The first-order valence-electron chi connectivity index (χ1n) is 4.08. The largest absolute Gasteiger partial charge is 0.233 e. The Bertz CT molecular complexity index is 84.7. The van der Waals surface area contributed by atoms with Crippen molar-refractivity contribution in [2.24, 2.45) is 0 Å². The molecule has 0 spiro atoms. The standard InChI is InChI=1S/C9H17O/c1-3-4-5-6-7-8-9(2)10/h6-7,9H,3-5,8H2,1-2H3. The van der Waals surface area contributed by atoms with Gasteiger partial charge in [-0.05, 0) is 19.8 Å². The lowest BCUT2D eigenvalue weighted by Gasteiger charge is -1.92. The van der Waals surface area contributed by atoms with Crippen LogP contribution in [-0.2, 0) is 5.11 Å². The average molecular weight is 141 g/mol. The molecule has 0 aromatic carbocycles. The molecule has 1 unspecified atom stereocenters. The third-order valence-electron chi connectivity index (χ3n) is 1.36. The minimum Gasteiger partial charge on any atom is -0.233 e. The van der Waals surface area contributed by atoms with Gasteiger partial charge in [0.1, 0.15) is 0 Å². The second-order valence-corrected chi connectivity index (χ2v) is 2.66. The summed E-state index contributed by atoms with van der Waals surface area (Å²) in [5.41, 5.74) is 0. The Balaban J connectivity index is 3.04. The van der Waals surface area contributed by atoms with Crippen molar-refractivity contribution in [3.05, 3.63) is 12.2 Å². The summed E-state index contributed by atoms with van der Waals surface area (Å²) in [5.74, 6) is 0. The van der Waals surface area contributed by atoms with Crippen LogP contribution in [0.5, 0.6) is 0 Å². The van der Waals surface area contributed by atoms with Gasteiger partial charge in [0, 0.05) is 0 Å². The predicted molar refractivity (Wildman–Crippen MR) is 43.4 cm³/mol. The van der Waals surface area contributed by atoms with Crippen molar-refractivity contribution in [3.8, 4) is 0 Å². The Morgan fingerprint density at radius 3 is 2.60 bits per heavy atom. The summed E-state index contributed by atoms with van der Waals surface area (Å²) in [6, 6.07) is 0. The Morgan fingerprint density at radius 1 is 1.40 bits per heavy atom. The van der Waals surface area contributed by atoms with E-state index in [1.165, 1.54) is 12.8 Å². The van der Waals surface area contributed by atoms with E-state index in [0.717, 1.165) is 6.42 Å². The zero-order chi connectivity index (χ0) is 7.82. The quantitative estimate of drug-likeness (QED) is 0.414. The van der Waals surface area contributed by atoms with Crippen molar-refractivity contribution in [3.63, 3.8) is 0 Å². The van der Waals surface area contributed by atoms with Crippen molar-refractivity contribution in [1.82, 2.24) is 0 Å². The van der Waals surface area contributed by atoms with Gasteiger partial charge >= 0.3 is 0 Å². The van der Waals surface area contributed by atoms with E-state index in [-0.39, 0.29) is 0 Å². The van der Waals surface area contributed by atoms with Crippen molar-refractivity contribution in [2.75, 3.05) is 0 Å². The van der Waals surface area contributed by atoms with E-state index >= 15 is 0 Å². The van der Waals surface area contributed by atoms with Crippen LogP contribution in [0, 0.1) is 0 Å². The minimum absolute atomic E-state index is 0.433. The molecule has 1 atom stereocenters. The van der Waals surface area contributed by atoms with E-state index < -0.39 is 6.10 Å². The van der Waals surface area contributed by atoms with Crippen LogP contribution in [-0.4, -0.2) is 6.10 Å². The van der Waals surface area contributed by atoms with E-state index in [4.69, 9.17) is 0 Å². The van der Waals surface area contributed by atoms with Crippen LogP contribution in [0.4, 0.5) is 0 Å². The van der Waals surface area contributed by atoms with E-state index in [1.54, 1.807) is 6.92 Å². The van der Waals surface area contributed by atoms with E-state index in [9.17, 15) is 5.11 Å². The third kappa shape index (κ3) is 7.70. The monoisotopic (exact) mass is 141 g/mol. The van der Waals surface area contributed by atoms with E-state index in [1.807, 2.05) is 6.08 Å². The molecule has 0 saturated carbocycles. The molecule has 0 aromatic rings. The first-order valence-corrected chi connectivity index (χ1v) is 4.08. The Kier molecular flexibility index (Phi) is 6.61. The lowest BCUT2D eigenvalue weighted by Crippen LogP contribution is -1.92. The van der Waals surface area contributed by atoms with Crippen LogP contribution in [0.25, 0.3) is 0 Å². The highest BCUT2D eigenvalue weighted by atomic mass is 16.3. The molecule has 0 aliphatic rings. The predicted octanol–water partition coefficient (Wildman–Crippen LogP) is 2.94. The van der Waals surface area contributed by atoms with Gasteiger partial charge in [-0.15, -0.1) is 0 Å². The molecule has 10 heavy (non-hydrogen) atoms. The molecule has 0 bridgehead atoms. The number of hydrogen-bond acceptors (Lipinski definition) is 0. The summed E-state index contributed by atoms with van der Waals surface area (Å²) in [6.07, 6.45) is 7.96. The van der Waals surface area contributed by atoms with Gasteiger partial charge in [-0.1, -0.05) is 31.9 Å². The van der Waals surface area contributed by atoms with Crippen molar-refractivity contribution in [2.45, 2.75) is 45.6 Å². The highest BCUT2D eigenvalue weighted by Crippen LogP contribution is 1.97. The maximum atomic E-state index is 10.5. The molecule has 0 aliphatic carbocycles. The number of rotatable bonds is 5. The summed E-state index contributed by atoms with van der Waals surface area (Å²) in [7, 11) is 0. The summed E-state index contributed by atoms with van der Waals surface area (Å²) in [4.78, 5) is 0. The molecular formula is C9H17O. The molecule has 0 aliphatic heterocycles. The molecular weight excluding hydrogens is 124 g/mol. The smallest absolute Gasteiger partial charge is 0.0936 e. The number of hydrogen-bond donors (Lipinski definition) is 0. The first-order chi connectivity index (χ1) is 4.77. The molecule has 0 rings (SSSR count). The highest BCUT2D eigenvalue weighted by Gasteiger charge is 1.90. The van der Waals surface area contributed by atoms with Gasteiger partial charge in [-0.25, -0.2) is 5.11 Å². The van der Waals surface area contributed by atoms with Crippen LogP contribution in [0.2, 0.25) is 0 Å². The van der Waals surface area contributed by atoms with Crippen LogP contribution in [0.1, 0.15) is 39.5 Å². The topological polar surface area (TPSA) is 19.9 Å². The van der Waals surface area contributed by atoms with Crippen LogP contribution in [0.15, 0.2) is 12.2 Å². The molecule has 0 heterocycles. The summed E-state index contributed by atoms with van der Waals surface area (Å²) in [5, 5.41) is 10.5. The van der Waals surface area contributed by atoms with Gasteiger partial charge in [-0.2, -0.15) is 0 Å². The van der Waals surface area contributed by atoms with Crippen LogP contribution >= 0.6 is 0 Å². The van der Waals surface area contributed by atoms with Gasteiger partial charge in [0.2, 0.25) is 0 Å². The van der Waals surface area contributed by atoms with Crippen molar-refractivity contribution in [1.29, 1.82) is 0 Å². The Morgan fingerprint density at radius 2 is 2.10 bits per heavy atom. The average Bonchev–Trinajstić information content (AvgIpc) is 1.87. The molecule has 1 nitrogen and oxygen atoms in total. The maximum absolute atomic E-state index is 10.5. The van der Waals surface area contributed by atoms with Gasteiger partial charge in [-0.3, -0.25) is 0 Å². The van der Waals surface area contributed by atoms with E-state index in [2.05, 4.69) is 13.0 Å². The second-order valence-electron chi connectivity index (χ2n) is 2.66. The molecule has 0 aromatic heterocycles. The normalized spacial score (nSPS) is 14.3. The Labute approximate surface area is 63.8 Å². The van der Waals surface area contributed by atoms with Crippen LogP contribution in [0.3, 0.4) is 0 Å².